The average Bonchev–Trinajstić information content (AvgIpc) is 2.48. The van der Waals surface area contributed by atoms with Gasteiger partial charge in [0.1, 0.15) is 0 Å². The molecule has 0 rings (SSSR count). The summed E-state index contributed by atoms with van der Waals surface area (Å²) in [5.41, 5.74) is 0. The van der Waals surface area contributed by atoms with Crippen LogP contribution in [0.2, 0.25) is 0 Å². The minimum atomic E-state index is -4.03. The molecule has 0 aliphatic carbocycles. The summed E-state index contributed by atoms with van der Waals surface area (Å²) in [6, 6.07) is 0. The van der Waals surface area contributed by atoms with Crippen LogP contribution in [0.1, 0.15) is 104 Å². The molecule has 0 saturated carbocycles. The van der Waals surface area contributed by atoms with Crippen molar-refractivity contribution >= 4 is 10.1 Å². The first kappa shape index (κ1) is 22.9. The van der Waals surface area contributed by atoms with Gasteiger partial charge in [-0.1, -0.05) is 84.5 Å². The quantitative estimate of drug-likeness (QED) is 0.300. The molecule has 0 bridgehead atoms. The summed E-state index contributed by atoms with van der Waals surface area (Å²) in [5, 5.41) is 9.14. The van der Waals surface area contributed by atoms with E-state index in [1.54, 1.807) is 0 Å². The van der Waals surface area contributed by atoms with Gasteiger partial charge in [0.05, 0.1) is 11.4 Å². The van der Waals surface area contributed by atoms with E-state index in [9.17, 15) is 13.5 Å². The number of rotatable bonds is 16. The van der Waals surface area contributed by atoms with Crippen LogP contribution >= 0.6 is 0 Å². The van der Waals surface area contributed by atoms with Gasteiger partial charge in [0.2, 0.25) is 0 Å². The lowest BCUT2D eigenvalue weighted by Crippen LogP contribution is -2.26. The van der Waals surface area contributed by atoms with E-state index in [1.807, 2.05) is 6.92 Å². The Bertz CT molecular complexity index is 354. The zero-order valence-electron chi connectivity index (χ0n) is 15.2. The molecular formula is C18H38O4S. The van der Waals surface area contributed by atoms with Gasteiger partial charge < -0.3 is 5.11 Å². The Hall–Kier alpha value is -0.130. The molecule has 23 heavy (non-hydrogen) atoms. The van der Waals surface area contributed by atoms with Gasteiger partial charge in [0.25, 0.3) is 10.1 Å². The molecule has 0 heterocycles. The Morgan fingerprint density at radius 1 is 0.739 bits per heavy atom. The van der Waals surface area contributed by atoms with Crippen molar-refractivity contribution in [1.82, 2.24) is 0 Å². The van der Waals surface area contributed by atoms with Crippen molar-refractivity contribution in [2.75, 3.05) is 0 Å². The van der Waals surface area contributed by atoms with Gasteiger partial charge in [0, 0.05) is 0 Å². The minimum absolute atomic E-state index is 0.157. The van der Waals surface area contributed by atoms with Gasteiger partial charge >= 0.3 is 0 Å². The summed E-state index contributed by atoms with van der Waals surface area (Å²) < 4.78 is 31.7. The van der Waals surface area contributed by atoms with E-state index in [1.165, 1.54) is 51.4 Å². The van der Waals surface area contributed by atoms with Gasteiger partial charge in [0.15, 0.2) is 0 Å². The molecule has 4 nitrogen and oxygen atoms in total. The molecular weight excluding hydrogens is 312 g/mol. The van der Waals surface area contributed by atoms with E-state index in [2.05, 4.69) is 6.92 Å². The molecule has 5 heteroatoms. The highest BCUT2D eigenvalue weighted by Gasteiger charge is 2.24. The summed E-state index contributed by atoms with van der Waals surface area (Å²) in [7, 11) is -4.03. The molecule has 0 aliphatic rings. The lowest BCUT2D eigenvalue weighted by molar-refractivity contribution is 0.147. The molecule has 0 radical (unpaired) electrons. The maximum absolute atomic E-state index is 11.2. The molecule has 0 aliphatic heterocycles. The second-order valence-corrected chi connectivity index (χ2v) is 8.48. The second-order valence-electron chi connectivity index (χ2n) is 6.79. The third kappa shape index (κ3) is 14.0. The van der Waals surface area contributed by atoms with Crippen molar-refractivity contribution in [3.63, 3.8) is 0 Å². The fourth-order valence-corrected chi connectivity index (χ4v) is 4.00. The average molecular weight is 351 g/mol. The monoisotopic (exact) mass is 350 g/mol. The van der Waals surface area contributed by atoms with E-state index < -0.39 is 21.5 Å². The smallest absolute Gasteiger partial charge is 0.267 e. The third-order valence-electron chi connectivity index (χ3n) is 4.46. The molecule has 0 saturated heterocycles. The molecule has 2 unspecified atom stereocenters. The van der Waals surface area contributed by atoms with Gasteiger partial charge in [-0.05, 0) is 19.3 Å². The first-order valence-corrected chi connectivity index (χ1v) is 11.1. The van der Waals surface area contributed by atoms with Crippen LogP contribution in [0.25, 0.3) is 0 Å². The fraction of sp³-hybridized carbons (Fsp3) is 1.00. The van der Waals surface area contributed by atoms with E-state index in [0.717, 1.165) is 12.8 Å². The summed E-state index contributed by atoms with van der Waals surface area (Å²) in [6.45, 7) is 4.11. The topological polar surface area (TPSA) is 74.6 Å². The minimum Gasteiger partial charge on any atom is -0.393 e. The van der Waals surface area contributed by atoms with Crippen LogP contribution < -0.4 is 0 Å². The molecule has 0 aromatic rings. The van der Waals surface area contributed by atoms with Crippen LogP contribution in [0.5, 0.6) is 0 Å². The van der Waals surface area contributed by atoms with Crippen molar-refractivity contribution < 1.29 is 18.1 Å². The lowest BCUT2D eigenvalue weighted by atomic mass is 10.0. The first-order valence-electron chi connectivity index (χ1n) is 9.56. The number of aliphatic hydroxyl groups is 1. The Morgan fingerprint density at radius 2 is 1.22 bits per heavy atom. The van der Waals surface area contributed by atoms with E-state index in [4.69, 9.17) is 4.55 Å². The number of unbranched alkanes of at least 4 members (excludes halogenated alkanes) is 9. The summed E-state index contributed by atoms with van der Waals surface area (Å²) in [4.78, 5) is 0. The van der Waals surface area contributed by atoms with Gasteiger partial charge in [-0.25, -0.2) is 0 Å². The molecule has 140 valence electrons. The molecule has 2 atom stereocenters. The zero-order chi connectivity index (χ0) is 17.6. The number of hydrogen-bond acceptors (Lipinski definition) is 3. The van der Waals surface area contributed by atoms with Crippen LogP contribution in [0.4, 0.5) is 0 Å². The van der Waals surface area contributed by atoms with Gasteiger partial charge in [-0.15, -0.1) is 0 Å². The van der Waals surface area contributed by atoms with Crippen molar-refractivity contribution in [3.8, 4) is 0 Å². The number of hydrogen-bond donors (Lipinski definition) is 2. The normalized spacial score (nSPS) is 14.8. The van der Waals surface area contributed by atoms with Crippen LogP contribution in [-0.2, 0) is 10.1 Å². The van der Waals surface area contributed by atoms with Gasteiger partial charge in [-0.3, -0.25) is 4.55 Å². The zero-order valence-corrected chi connectivity index (χ0v) is 16.0. The molecule has 0 fully saturated rings. The lowest BCUT2D eigenvalue weighted by Gasteiger charge is -2.17. The summed E-state index contributed by atoms with van der Waals surface area (Å²) >= 11 is 0. The predicted molar refractivity (Wildman–Crippen MR) is 97.3 cm³/mol. The Balaban J connectivity index is 3.61. The van der Waals surface area contributed by atoms with Crippen molar-refractivity contribution in [2.24, 2.45) is 0 Å². The number of aliphatic hydroxyl groups excluding tert-OH is 1. The molecule has 0 aromatic heterocycles. The molecule has 2 N–H and O–H groups in total. The maximum Gasteiger partial charge on any atom is 0.267 e. The Morgan fingerprint density at radius 3 is 1.65 bits per heavy atom. The van der Waals surface area contributed by atoms with E-state index in [0.29, 0.717) is 19.3 Å². The van der Waals surface area contributed by atoms with Crippen LogP contribution in [0.15, 0.2) is 0 Å². The van der Waals surface area contributed by atoms with Gasteiger partial charge in [-0.2, -0.15) is 8.42 Å². The van der Waals surface area contributed by atoms with E-state index >= 15 is 0 Å². The van der Waals surface area contributed by atoms with Crippen molar-refractivity contribution in [1.29, 1.82) is 0 Å². The third-order valence-corrected chi connectivity index (χ3v) is 5.73. The molecule has 0 spiro atoms. The largest absolute Gasteiger partial charge is 0.393 e. The molecule has 0 amide bonds. The molecule has 0 aromatic carbocycles. The summed E-state index contributed by atoms with van der Waals surface area (Å²) in [6.07, 6.45) is 13.7. The first-order chi connectivity index (χ1) is 10.9. The highest BCUT2D eigenvalue weighted by molar-refractivity contribution is 7.86. The highest BCUT2D eigenvalue weighted by Crippen LogP contribution is 2.18. The Kier molecular flexibility index (Phi) is 14.2. The van der Waals surface area contributed by atoms with E-state index in [-0.39, 0.29) is 6.42 Å². The van der Waals surface area contributed by atoms with Crippen LogP contribution in [0.3, 0.4) is 0 Å². The summed E-state index contributed by atoms with van der Waals surface area (Å²) in [5.74, 6) is 0. The maximum atomic E-state index is 11.2. The predicted octanol–water partition coefficient (Wildman–Crippen LogP) is 5.10. The standard InChI is InChI=1S/C18H38O4S/c1-3-5-6-7-8-9-10-11-12-13-15-17(19)16-18(14-4-2)23(20,21)22/h17-19H,3-16H2,1-2H3,(H,20,21,22). The Labute approximate surface area is 143 Å². The highest BCUT2D eigenvalue weighted by atomic mass is 32.2. The fourth-order valence-electron chi connectivity index (χ4n) is 3.00. The van der Waals surface area contributed by atoms with Crippen LogP contribution in [-0.4, -0.2) is 29.4 Å². The van der Waals surface area contributed by atoms with Crippen molar-refractivity contribution in [2.45, 2.75) is 115 Å². The van der Waals surface area contributed by atoms with Crippen molar-refractivity contribution in [3.05, 3.63) is 0 Å². The second kappa shape index (κ2) is 14.2. The van der Waals surface area contributed by atoms with Crippen LogP contribution in [0, 0.1) is 0 Å². The SMILES string of the molecule is CCCCCCCCCCCCC(O)CC(CCC)S(=O)(=O)O.